The van der Waals surface area contributed by atoms with Crippen LogP contribution < -0.4 is 10.3 Å². The lowest BCUT2D eigenvalue weighted by Crippen LogP contribution is -2.49. The number of carbonyl (C=O) groups is 1. The molecule has 1 fully saturated rings. The van der Waals surface area contributed by atoms with Crippen molar-refractivity contribution < 1.29 is 4.79 Å². The molecule has 1 aliphatic rings. The summed E-state index contributed by atoms with van der Waals surface area (Å²) >= 11 is 14.1. The number of benzene rings is 2. The molecule has 162 valence electrons. The van der Waals surface area contributed by atoms with Crippen LogP contribution in [-0.4, -0.2) is 47.7 Å². The molecule has 1 saturated heterocycles. The molecule has 1 aromatic heterocycles. The molecule has 0 aliphatic carbocycles. The molecule has 0 spiro atoms. The van der Waals surface area contributed by atoms with Crippen LogP contribution in [0.1, 0.15) is 30.6 Å². The van der Waals surface area contributed by atoms with Crippen molar-refractivity contribution in [2.75, 3.05) is 36.5 Å². The number of thiazole rings is 1. The number of hydrazone groups is 1. The largest absolute Gasteiger partial charge is 0.365 e. The van der Waals surface area contributed by atoms with Gasteiger partial charge in [-0.15, -0.1) is 0 Å². The summed E-state index contributed by atoms with van der Waals surface area (Å²) in [6, 6.07) is 10.9. The predicted octanol–water partition coefficient (Wildman–Crippen LogP) is 5.76. The monoisotopic (exact) mass is 475 g/mol. The highest BCUT2D eigenvalue weighted by molar-refractivity contribution is 7.22. The Balaban J connectivity index is 1.51. The van der Waals surface area contributed by atoms with Gasteiger partial charge in [-0.05, 0) is 49.7 Å². The molecule has 0 saturated carbocycles. The third-order valence-electron chi connectivity index (χ3n) is 5.31. The van der Waals surface area contributed by atoms with Gasteiger partial charge in [0.1, 0.15) is 5.52 Å². The molecule has 0 bridgehead atoms. The summed E-state index contributed by atoms with van der Waals surface area (Å²) in [5.74, 6) is 0.0184. The summed E-state index contributed by atoms with van der Waals surface area (Å²) in [5.41, 5.74) is 6.49. The highest BCUT2D eigenvalue weighted by atomic mass is 35.5. The van der Waals surface area contributed by atoms with Crippen molar-refractivity contribution in [2.45, 2.75) is 20.3 Å². The van der Waals surface area contributed by atoms with Gasteiger partial charge in [0.2, 0.25) is 5.13 Å². The maximum Gasteiger partial charge on any atom is 0.253 e. The highest BCUT2D eigenvalue weighted by Gasteiger charge is 2.25. The molecule has 4 rings (SSSR count). The molecule has 6 nitrogen and oxygen atoms in total. The number of hydrogen-bond donors (Lipinski definition) is 1. The number of carbonyl (C=O) groups excluding carboxylic acids is 1. The van der Waals surface area contributed by atoms with Gasteiger partial charge in [-0.3, -0.25) is 10.2 Å². The maximum atomic E-state index is 12.8. The number of fused-ring (bicyclic) bond motifs is 1. The second-order valence-corrected chi connectivity index (χ2v) is 9.23. The first-order chi connectivity index (χ1) is 15.0. The molecule has 9 heteroatoms. The standard InChI is InChI=1S/C22H23Cl2N5OS/c1-3-14(2)26-27-22-25-19-18(31-22)9-8-17(24)20(19)28-10-12-29(13-11-28)21(30)15-4-6-16(23)7-5-15/h4-9H,3,10-13H2,1-2H3,(H,25,27)/b26-14+. The Morgan fingerprint density at radius 1 is 1.13 bits per heavy atom. The minimum Gasteiger partial charge on any atom is -0.365 e. The lowest BCUT2D eigenvalue weighted by atomic mass is 10.1. The Morgan fingerprint density at radius 3 is 2.52 bits per heavy atom. The topological polar surface area (TPSA) is 60.8 Å². The van der Waals surface area contributed by atoms with E-state index in [1.165, 1.54) is 0 Å². The van der Waals surface area contributed by atoms with Crippen LogP contribution in [-0.2, 0) is 0 Å². The van der Waals surface area contributed by atoms with E-state index in [0.717, 1.165) is 33.2 Å². The van der Waals surface area contributed by atoms with E-state index in [2.05, 4.69) is 22.4 Å². The molecule has 1 amide bonds. The summed E-state index contributed by atoms with van der Waals surface area (Å²) in [4.78, 5) is 21.6. The Kier molecular flexibility index (Phi) is 6.65. The summed E-state index contributed by atoms with van der Waals surface area (Å²) < 4.78 is 1.05. The second-order valence-electron chi connectivity index (χ2n) is 7.36. The van der Waals surface area contributed by atoms with Crippen LogP contribution in [0.2, 0.25) is 10.0 Å². The molecule has 0 atom stereocenters. The molecule has 1 aliphatic heterocycles. The fourth-order valence-corrected chi connectivity index (χ4v) is 4.64. The van der Waals surface area contributed by atoms with Crippen LogP contribution in [0.3, 0.4) is 0 Å². The molecular weight excluding hydrogens is 453 g/mol. The van der Waals surface area contributed by atoms with E-state index in [1.807, 2.05) is 24.0 Å². The summed E-state index contributed by atoms with van der Waals surface area (Å²) in [7, 11) is 0. The van der Waals surface area contributed by atoms with Crippen molar-refractivity contribution in [1.29, 1.82) is 0 Å². The number of halogens is 2. The Hall–Kier alpha value is -2.35. The average Bonchev–Trinajstić information content (AvgIpc) is 3.20. The van der Waals surface area contributed by atoms with Gasteiger partial charge in [0.05, 0.1) is 15.4 Å². The van der Waals surface area contributed by atoms with Gasteiger partial charge in [-0.2, -0.15) is 5.10 Å². The number of aromatic nitrogens is 1. The minimum absolute atomic E-state index is 0.0184. The number of rotatable bonds is 5. The average molecular weight is 476 g/mol. The van der Waals surface area contributed by atoms with Crippen molar-refractivity contribution in [3.8, 4) is 0 Å². The number of anilines is 2. The van der Waals surface area contributed by atoms with Gasteiger partial charge in [-0.25, -0.2) is 4.98 Å². The van der Waals surface area contributed by atoms with Crippen LogP contribution in [0.25, 0.3) is 10.2 Å². The zero-order chi connectivity index (χ0) is 22.0. The number of nitrogens with zero attached hydrogens (tertiary/aromatic N) is 4. The number of piperazine rings is 1. The summed E-state index contributed by atoms with van der Waals surface area (Å²) in [6.07, 6.45) is 0.883. The first-order valence-electron chi connectivity index (χ1n) is 10.1. The van der Waals surface area contributed by atoms with Crippen molar-refractivity contribution in [2.24, 2.45) is 5.10 Å². The van der Waals surface area contributed by atoms with Crippen LogP contribution in [0.5, 0.6) is 0 Å². The first kappa shape index (κ1) is 21.9. The molecule has 0 radical (unpaired) electrons. The van der Waals surface area contributed by atoms with Gasteiger partial charge in [0, 0.05) is 42.5 Å². The van der Waals surface area contributed by atoms with Gasteiger partial charge < -0.3 is 9.80 Å². The number of hydrogen-bond acceptors (Lipinski definition) is 6. The van der Waals surface area contributed by atoms with Crippen molar-refractivity contribution >= 4 is 67.2 Å². The summed E-state index contributed by atoms with van der Waals surface area (Å²) in [6.45, 7) is 6.64. The van der Waals surface area contributed by atoms with Crippen LogP contribution in [0, 0.1) is 0 Å². The maximum absolute atomic E-state index is 12.8. The molecule has 2 aromatic carbocycles. The van der Waals surface area contributed by atoms with E-state index in [4.69, 9.17) is 28.2 Å². The SMILES string of the molecule is CC/C(C)=N/Nc1nc2c(N3CCN(C(=O)c4ccc(Cl)cc4)CC3)c(Cl)ccc2s1. The van der Waals surface area contributed by atoms with Crippen LogP contribution in [0.4, 0.5) is 10.8 Å². The van der Waals surface area contributed by atoms with Crippen molar-refractivity contribution in [3.63, 3.8) is 0 Å². The zero-order valence-electron chi connectivity index (χ0n) is 17.4. The van der Waals surface area contributed by atoms with E-state index in [-0.39, 0.29) is 5.91 Å². The van der Waals surface area contributed by atoms with E-state index in [9.17, 15) is 4.79 Å². The number of amides is 1. The smallest absolute Gasteiger partial charge is 0.253 e. The second kappa shape index (κ2) is 9.42. The van der Waals surface area contributed by atoms with Crippen molar-refractivity contribution in [1.82, 2.24) is 9.88 Å². The molecule has 1 N–H and O–H groups in total. The van der Waals surface area contributed by atoms with Crippen LogP contribution >= 0.6 is 34.5 Å². The molecule has 0 unspecified atom stereocenters. The van der Waals surface area contributed by atoms with Gasteiger partial charge >= 0.3 is 0 Å². The molecule has 31 heavy (non-hydrogen) atoms. The first-order valence-corrected chi connectivity index (χ1v) is 11.7. The Bertz CT molecular complexity index is 1120. The highest BCUT2D eigenvalue weighted by Crippen LogP contribution is 2.38. The Morgan fingerprint density at radius 2 is 1.84 bits per heavy atom. The Labute approximate surface area is 195 Å². The fraction of sp³-hybridized carbons (Fsp3) is 0.318. The van der Waals surface area contributed by atoms with E-state index >= 15 is 0 Å². The fourth-order valence-electron chi connectivity index (χ4n) is 3.43. The van der Waals surface area contributed by atoms with Crippen LogP contribution in [0.15, 0.2) is 41.5 Å². The van der Waals surface area contributed by atoms with E-state index in [1.54, 1.807) is 35.6 Å². The zero-order valence-corrected chi connectivity index (χ0v) is 19.7. The summed E-state index contributed by atoms with van der Waals surface area (Å²) in [5, 5.41) is 6.37. The third-order valence-corrected chi connectivity index (χ3v) is 6.80. The molecule has 3 aromatic rings. The van der Waals surface area contributed by atoms with Gasteiger partial charge in [0.15, 0.2) is 0 Å². The molecular formula is C22H23Cl2N5OS. The molecule has 2 heterocycles. The lowest BCUT2D eigenvalue weighted by Gasteiger charge is -2.36. The van der Waals surface area contributed by atoms with E-state index in [0.29, 0.717) is 41.8 Å². The number of nitrogens with one attached hydrogen (secondary N) is 1. The van der Waals surface area contributed by atoms with Gasteiger partial charge in [-0.1, -0.05) is 41.5 Å². The normalized spacial score (nSPS) is 14.9. The van der Waals surface area contributed by atoms with Gasteiger partial charge in [0.25, 0.3) is 5.91 Å². The third kappa shape index (κ3) is 4.79. The minimum atomic E-state index is 0.0184. The van der Waals surface area contributed by atoms with Crippen molar-refractivity contribution in [3.05, 3.63) is 52.0 Å². The lowest BCUT2D eigenvalue weighted by molar-refractivity contribution is 0.0747. The quantitative estimate of drug-likeness (QED) is 0.376. The predicted molar refractivity (Wildman–Crippen MR) is 131 cm³/mol. The van der Waals surface area contributed by atoms with E-state index < -0.39 is 0 Å².